The third-order valence-corrected chi connectivity index (χ3v) is 6.73. The fourth-order valence-electron chi connectivity index (χ4n) is 4.54. The summed E-state index contributed by atoms with van der Waals surface area (Å²) < 4.78 is 46.7. The van der Waals surface area contributed by atoms with Crippen LogP contribution in [0, 0.1) is 0 Å². The Morgan fingerprint density at radius 2 is 1.55 bits per heavy atom. The van der Waals surface area contributed by atoms with Gasteiger partial charge in [-0.1, -0.05) is 74.4 Å². The molecule has 0 radical (unpaired) electrons. The monoisotopic (exact) mass is 598 g/mol. The fourth-order valence-corrected chi connectivity index (χ4v) is 4.54. The summed E-state index contributed by atoms with van der Waals surface area (Å²) in [5, 5.41) is 13.7. The summed E-state index contributed by atoms with van der Waals surface area (Å²) in [6.45, 7) is 5.77. The van der Waals surface area contributed by atoms with Crippen molar-refractivity contribution in [2.75, 3.05) is 10.6 Å². The molecule has 2 N–H and O–H groups in total. The molecule has 6 rings (SSSR count). The highest BCUT2D eigenvalue weighted by Gasteiger charge is 2.33. The number of nitrogens with one attached hydrogen (secondary N) is 2. The average Bonchev–Trinajstić information content (AvgIpc) is 3.42. The van der Waals surface area contributed by atoms with Gasteiger partial charge in [-0.25, -0.2) is 19.9 Å². The van der Waals surface area contributed by atoms with E-state index < -0.39 is 23.8 Å². The van der Waals surface area contributed by atoms with Crippen LogP contribution >= 0.6 is 0 Å². The third kappa shape index (κ3) is 5.76. The van der Waals surface area contributed by atoms with Gasteiger partial charge in [-0.05, 0) is 12.1 Å². The lowest BCUT2D eigenvalue weighted by Gasteiger charge is -2.16. The van der Waals surface area contributed by atoms with E-state index in [9.17, 15) is 18.0 Å². The molecule has 0 aliphatic carbocycles. The van der Waals surface area contributed by atoms with Gasteiger partial charge < -0.3 is 15.1 Å². The summed E-state index contributed by atoms with van der Waals surface area (Å²) in [6.07, 6.45) is -2.28. The molecule has 0 saturated heterocycles. The molecule has 5 aromatic rings. The van der Waals surface area contributed by atoms with Crippen molar-refractivity contribution in [2.45, 2.75) is 38.5 Å². The van der Waals surface area contributed by atoms with Gasteiger partial charge in [-0.15, -0.1) is 5.10 Å². The number of carbonyl (C=O) groups is 1. The van der Waals surface area contributed by atoms with Crippen molar-refractivity contribution in [3.05, 3.63) is 102 Å². The number of benzene rings is 2. The number of carbonyl (C=O) groups excluding carboxylic acids is 1. The molecule has 1 amide bonds. The minimum Gasteiger partial charge on any atom is -0.402 e. The number of pyridine rings is 1. The van der Waals surface area contributed by atoms with E-state index in [1.807, 2.05) is 63.2 Å². The van der Waals surface area contributed by atoms with Crippen molar-refractivity contribution in [3.8, 4) is 22.7 Å². The van der Waals surface area contributed by atoms with Crippen LogP contribution in [0.3, 0.4) is 0 Å². The van der Waals surface area contributed by atoms with Crippen LogP contribution in [0.1, 0.15) is 43.3 Å². The Hall–Kier alpha value is -5.46. The fraction of sp³-hybridized carbons (Fsp3) is 0.194. The number of benzodiazepines with no additional fused rings is 1. The van der Waals surface area contributed by atoms with Crippen LogP contribution < -0.4 is 10.6 Å². The van der Waals surface area contributed by atoms with Crippen molar-refractivity contribution >= 4 is 23.3 Å². The summed E-state index contributed by atoms with van der Waals surface area (Å²) in [5.41, 5.74) is 1.61. The summed E-state index contributed by atoms with van der Waals surface area (Å²) >= 11 is 0. The molecule has 0 saturated carbocycles. The lowest BCUT2D eigenvalue weighted by molar-refractivity contribution is -0.137. The maximum Gasteiger partial charge on any atom is 0.417 e. The van der Waals surface area contributed by atoms with Crippen molar-refractivity contribution in [1.82, 2.24) is 25.1 Å². The number of fused-ring (bicyclic) bond motifs is 1. The zero-order chi connectivity index (χ0) is 31.1. The molecule has 13 heteroatoms. The highest BCUT2D eigenvalue weighted by molar-refractivity contribution is 6.19. The van der Waals surface area contributed by atoms with Crippen molar-refractivity contribution in [3.63, 3.8) is 0 Å². The molecule has 1 atom stereocenters. The smallest absolute Gasteiger partial charge is 0.402 e. The van der Waals surface area contributed by atoms with E-state index in [0.29, 0.717) is 23.4 Å². The first-order valence-corrected chi connectivity index (χ1v) is 13.5. The normalized spacial score (nSPS) is 15.2. The number of amides is 1. The lowest BCUT2D eigenvalue weighted by Crippen LogP contribution is -2.32. The van der Waals surface area contributed by atoms with E-state index in [1.54, 1.807) is 12.1 Å². The number of nitrogens with zero attached hydrogens (tertiary/aromatic N) is 6. The zero-order valence-corrected chi connectivity index (χ0v) is 23.7. The molecule has 0 bridgehead atoms. The molecule has 0 spiro atoms. The van der Waals surface area contributed by atoms with Crippen LogP contribution in [0.2, 0.25) is 0 Å². The van der Waals surface area contributed by atoms with Crippen LogP contribution in [0.25, 0.3) is 22.7 Å². The van der Waals surface area contributed by atoms with Crippen molar-refractivity contribution in [2.24, 2.45) is 4.99 Å². The van der Waals surface area contributed by atoms with Crippen LogP contribution in [0.15, 0.2) is 88.7 Å². The largest absolute Gasteiger partial charge is 0.417 e. The number of alkyl halides is 3. The Morgan fingerprint density at radius 3 is 2.25 bits per heavy atom. The van der Waals surface area contributed by atoms with Crippen molar-refractivity contribution in [1.29, 1.82) is 0 Å². The number of para-hydroxylation sites is 1. The number of aromatic nitrogens is 5. The van der Waals surface area contributed by atoms with E-state index in [4.69, 9.17) is 4.42 Å². The number of hydrogen-bond acceptors (Lipinski definition) is 9. The van der Waals surface area contributed by atoms with Gasteiger partial charge in [0.15, 0.2) is 0 Å². The second kappa shape index (κ2) is 11.0. The van der Waals surface area contributed by atoms with Gasteiger partial charge in [-0.3, -0.25) is 4.79 Å². The Kier molecular flexibility index (Phi) is 7.15. The van der Waals surface area contributed by atoms with Gasteiger partial charge in [0.05, 0.1) is 17.0 Å². The van der Waals surface area contributed by atoms with E-state index in [2.05, 4.69) is 40.8 Å². The summed E-state index contributed by atoms with van der Waals surface area (Å²) in [5.74, 6) is -0.139. The molecule has 222 valence electrons. The van der Waals surface area contributed by atoms with Gasteiger partial charge in [0.25, 0.3) is 11.8 Å². The molecule has 2 aromatic carbocycles. The van der Waals surface area contributed by atoms with Gasteiger partial charge in [-0.2, -0.15) is 13.2 Å². The number of rotatable bonds is 5. The van der Waals surface area contributed by atoms with Crippen LogP contribution in [0.4, 0.5) is 24.9 Å². The highest BCUT2D eigenvalue weighted by Crippen LogP contribution is 2.36. The summed E-state index contributed by atoms with van der Waals surface area (Å²) in [7, 11) is 0. The number of halogens is 3. The number of aliphatic imine (C=N–C) groups is 1. The first-order chi connectivity index (χ1) is 21.0. The molecular formula is C31H25F3N8O2. The Labute approximate surface area is 249 Å². The van der Waals surface area contributed by atoms with Crippen LogP contribution in [-0.2, 0) is 16.4 Å². The molecule has 1 aliphatic rings. The van der Waals surface area contributed by atoms with E-state index in [0.717, 1.165) is 17.2 Å². The van der Waals surface area contributed by atoms with Gasteiger partial charge in [0.2, 0.25) is 6.17 Å². The van der Waals surface area contributed by atoms with Crippen LogP contribution in [0.5, 0.6) is 0 Å². The molecule has 4 heterocycles. The second-order valence-corrected chi connectivity index (χ2v) is 11.0. The first kappa shape index (κ1) is 28.6. The Balaban J connectivity index is 1.36. The predicted molar refractivity (Wildman–Crippen MR) is 157 cm³/mol. The minimum absolute atomic E-state index is 0.0168. The van der Waals surface area contributed by atoms with E-state index >= 15 is 0 Å². The molecule has 10 nitrogen and oxygen atoms in total. The van der Waals surface area contributed by atoms with Gasteiger partial charge in [0, 0.05) is 46.3 Å². The standard InChI is InChI=1S/C31H25F3N8O2/c1-30(2,3)28-36-14-18(15-37-28)21-13-19(31(32,33)34)16-35-24(21)27-41-42-29(44-27)40-25-26(43)38-22-12-8-7-11-20(22)23(39-25)17-9-5-4-6-10-17/h4-16,25H,1-3H3,(H,38,43)(H,40,42). The number of anilines is 2. The minimum atomic E-state index is -4.65. The summed E-state index contributed by atoms with van der Waals surface area (Å²) in [6, 6.07) is 17.4. The topological polar surface area (TPSA) is 131 Å². The number of hydrogen-bond donors (Lipinski definition) is 2. The van der Waals surface area contributed by atoms with E-state index in [-0.39, 0.29) is 34.1 Å². The quantitative estimate of drug-likeness (QED) is 0.247. The average molecular weight is 599 g/mol. The molecule has 1 aliphatic heterocycles. The predicted octanol–water partition coefficient (Wildman–Crippen LogP) is 6.13. The molecule has 3 aromatic heterocycles. The highest BCUT2D eigenvalue weighted by atomic mass is 19.4. The van der Waals surface area contributed by atoms with E-state index in [1.165, 1.54) is 12.4 Å². The zero-order valence-electron chi connectivity index (χ0n) is 23.7. The van der Waals surface area contributed by atoms with Gasteiger partial charge >= 0.3 is 12.2 Å². The Morgan fingerprint density at radius 1 is 0.841 bits per heavy atom. The first-order valence-electron chi connectivity index (χ1n) is 13.5. The molecule has 0 fully saturated rings. The van der Waals surface area contributed by atoms with Crippen LogP contribution in [-0.4, -0.2) is 42.9 Å². The maximum absolute atomic E-state index is 13.6. The molecule has 44 heavy (non-hydrogen) atoms. The molecular weight excluding hydrogens is 573 g/mol. The van der Waals surface area contributed by atoms with Gasteiger partial charge in [0.1, 0.15) is 11.5 Å². The third-order valence-electron chi connectivity index (χ3n) is 6.73. The Bertz CT molecular complexity index is 1860. The lowest BCUT2D eigenvalue weighted by atomic mass is 9.95. The SMILES string of the molecule is CC(C)(C)c1ncc(-c2cc(C(F)(F)F)cnc2-c2nnc(NC3N=C(c4ccccc4)c4ccccc4NC3=O)o2)cn1. The summed E-state index contributed by atoms with van der Waals surface area (Å²) in [4.78, 5) is 30.6. The second-order valence-electron chi connectivity index (χ2n) is 11.0. The van der Waals surface area contributed by atoms with Crippen molar-refractivity contribution < 1.29 is 22.4 Å². The molecule has 1 unspecified atom stereocenters. The maximum atomic E-state index is 13.6.